The molecule has 1 N–H and O–H groups in total. The van der Waals surface area contributed by atoms with E-state index in [1.165, 1.54) is 0 Å². The summed E-state index contributed by atoms with van der Waals surface area (Å²) in [7, 11) is 0. The summed E-state index contributed by atoms with van der Waals surface area (Å²) in [4.78, 5) is 2.52. The van der Waals surface area contributed by atoms with E-state index in [1.54, 1.807) is 0 Å². The summed E-state index contributed by atoms with van der Waals surface area (Å²) in [5, 5.41) is 3.48. The largest absolute Gasteiger partial charge is 0.315 e. The summed E-state index contributed by atoms with van der Waals surface area (Å²) in [5.74, 6) is 0.751. The van der Waals surface area contributed by atoms with E-state index >= 15 is 0 Å². The Morgan fingerprint density at radius 1 is 0.929 bits per heavy atom. The van der Waals surface area contributed by atoms with E-state index in [1.807, 2.05) is 0 Å². The number of hydrogen-bond acceptors (Lipinski definition) is 2. The Labute approximate surface area is 90.1 Å². The van der Waals surface area contributed by atoms with E-state index in [-0.39, 0.29) is 0 Å². The maximum Gasteiger partial charge on any atom is 0.0112 e. The van der Waals surface area contributed by atoms with E-state index in [9.17, 15) is 0 Å². The Balaban J connectivity index is 3.62. The second-order valence-corrected chi connectivity index (χ2v) is 5.02. The Kier molecular flexibility index (Phi) is 7.20. The van der Waals surface area contributed by atoms with Crippen molar-refractivity contribution in [2.75, 3.05) is 19.6 Å². The maximum absolute atomic E-state index is 3.48. The summed E-state index contributed by atoms with van der Waals surface area (Å²) in [6.07, 6.45) is 0. The summed E-state index contributed by atoms with van der Waals surface area (Å²) in [6.45, 7) is 16.9. The van der Waals surface area contributed by atoms with Crippen molar-refractivity contribution in [3.8, 4) is 0 Å². The molecular formula is C12H28N2. The highest BCUT2D eigenvalue weighted by Gasteiger charge is 2.11. The van der Waals surface area contributed by atoms with Crippen LogP contribution in [0.15, 0.2) is 0 Å². The molecule has 0 aromatic heterocycles. The van der Waals surface area contributed by atoms with Gasteiger partial charge < -0.3 is 5.32 Å². The van der Waals surface area contributed by atoms with Crippen LogP contribution in [0.3, 0.4) is 0 Å². The molecule has 0 saturated carbocycles. The van der Waals surface area contributed by atoms with Crippen LogP contribution < -0.4 is 5.32 Å². The molecule has 86 valence electrons. The lowest BCUT2D eigenvalue weighted by Crippen LogP contribution is -2.41. The van der Waals surface area contributed by atoms with E-state index in [2.05, 4.69) is 51.8 Å². The fraction of sp³-hybridized carbons (Fsp3) is 1.00. The van der Waals surface area contributed by atoms with Crippen LogP contribution in [0.1, 0.15) is 41.5 Å². The van der Waals surface area contributed by atoms with E-state index in [4.69, 9.17) is 0 Å². The molecule has 2 heteroatoms. The third-order valence-corrected chi connectivity index (χ3v) is 2.43. The molecular weight excluding hydrogens is 172 g/mol. The number of hydrogen-bond donors (Lipinski definition) is 1. The van der Waals surface area contributed by atoms with Crippen LogP contribution in [0.25, 0.3) is 0 Å². The van der Waals surface area contributed by atoms with Crippen molar-refractivity contribution in [1.29, 1.82) is 0 Å². The van der Waals surface area contributed by atoms with Gasteiger partial charge in [0.1, 0.15) is 0 Å². The topological polar surface area (TPSA) is 15.3 Å². The minimum absolute atomic E-state index is 0.649. The first-order chi connectivity index (χ1) is 6.45. The average molecular weight is 200 g/mol. The molecule has 0 amide bonds. The minimum atomic E-state index is 0.649. The molecule has 0 aliphatic heterocycles. The van der Waals surface area contributed by atoms with Crippen molar-refractivity contribution in [2.24, 2.45) is 5.92 Å². The molecule has 2 nitrogen and oxygen atoms in total. The number of rotatable bonds is 7. The molecule has 0 saturated heterocycles. The van der Waals surface area contributed by atoms with Gasteiger partial charge in [0.25, 0.3) is 0 Å². The lowest BCUT2D eigenvalue weighted by Gasteiger charge is -2.30. The zero-order valence-electron chi connectivity index (χ0n) is 10.8. The first-order valence-electron chi connectivity index (χ1n) is 5.91. The second kappa shape index (κ2) is 7.24. The van der Waals surface area contributed by atoms with Crippen molar-refractivity contribution in [3.63, 3.8) is 0 Å². The Bertz CT molecular complexity index is 122. The monoisotopic (exact) mass is 200 g/mol. The maximum atomic E-state index is 3.48. The van der Waals surface area contributed by atoms with Crippen LogP contribution in [0, 0.1) is 5.92 Å². The quantitative estimate of drug-likeness (QED) is 0.635. The fourth-order valence-corrected chi connectivity index (χ4v) is 1.71. The van der Waals surface area contributed by atoms with Crippen LogP contribution in [-0.2, 0) is 0 Å². The molecule has 0 radical (unpaired) electrons. The third-order valence-electron chi connectivity index (χ3n) is 2.43. The Morgan fingerprint density at radius 2 is 1.43 bits per heavy atom. The van der Waals surface area contributed by atoms with Crippen LogP contribution in [0.5, 0.6) is 0 Å². The fourth-order valence-electron chi connectivity index (χ4n) is 1.71. The zero-order valence-corrected chi connectivity index (χ0v) is 10.8. The van der Waals surface area contributed by atoms with Crippen LogP contribution >= 0.6 is 0 Å². The first kappa shape index (κ1) is 13.9. The number of nitrogens with one attached hydrogen (secondary N) is 1. The van der Waals surface area contributed by atoms with Crippen molar-refractivity contribution in [1.82, 2.24) is 10.2 Å². The lowest BCUT2D eigenvalue weighted by atomic mass is 10.2. The minimum Gasteiger partial charge on any atom is -0.315 e. The summed E-state index contributed by atoms with van der Waals surface area (Å²) in [6, 6.07) is 1.30. The van der Waals surface area contributed by atoms with E-state index < -0.39 is 0 Å². The summed E-state index contributed by atoms with van der Waals surface area (Å²) >= 11 is 0. The van der Waals surface area contributed by atoms with Gasteiger partial charge in [0, 0.05) is 25.2 Å². The predicted octanol–water partition coefficient (Wildman–Crippen LogP) is 2.35. The molecule has 0 aliphatic rings. The van der Waals surface area contributed by atoms with Gasteiger partial charge >= 0.3 is 0 Å². The van der Waals surface area contributed by atoms with Gasteiger partial charge in [-0.3, -0.25) is 4.90 Å². The molecule has 0 fully saturated rings. The molecule has 14 heavy (non-hydrogen) atoms. The SMILES string of the molecule is CC(C)CNCCN(C(C)C)C(C)C. The molecule has 0 spiro atoms. The second-order valence-electron chi connectivity index (χ2n) is 5.02. The van der Waals surface area contributed by atoms with Gasteiger partial charge in [0.05, 0.1) is 0 Å². The van der Waals surface area contributed by atoms with Crippen molar-refractivity contribution < 1.29 is 0 Å². The lowest BCUT2D eigenvalue weighted by molar-refractivity contribution is 0.175. The molecule has 0 rings (SSSR count). The third kappa shape index (κ3) is 6.39. The molecule has 0 aliphatic carbocycles. The molecule has 0 aromatic rings. The van der Waals surface area contributed by atoms with Crippen LogP contribution in [-0.4, -0.2) is 36.6 Å². The molecule has 0 bridgehead atoms. The zero-order chi connectivity index (χ0) is 11.1. The van der Waals surface area contributed by atoms with Crippen LogP contribution in [0.4, 0.5) is 0 Å². The molecule has 0 atom stereocenters. The normalized spacial score (nSPS) is 12.4. The predicted molar refractivity (Wildman–Crippen MR) is 64.7 cm³/mol. The summed E-state index contributed by atoms with van der Waals surface area (Å²) in [5.41, 5.74) is 0. The van der Waals surface area contributed by atoms with Gasteiger partial charge in [-0.05, 0) is 40.2 Å². The van der Waals surface area contributed by atoms with Gasteiger partial charge in [0.15, 0.2) is 0 Å². The summed E-state index contributed by atoms with van der Waals surface area (Å²) < 4.78 is 0. The van der Waals surface area contributed by atoms with Gasteiger partial charge in [0.2, 0.25) is 0 Å². The molecule has 0 heterocycles. The highest BCUT2D eigenvalue weighted by Crippen LogP contribution is 2.03. The van der Waals surface area contributed by atoms with Crippen molar-refractivity contribution >= 4 is 0 Å². The van der Waals surface area contributed by atoms with Gasteiger partial charge in [-0.1, -0.05) is 13.8 Å². The first-order valence-corrected chi connectivity index (χ1v) is 5.91. The average Bonchev–Trinajstić information content (AvgIpc) is 2.01. The Morgan fingerprint density at radius 3 is 1.79 bits per heavy atom. The highest BCUT2D eigenvalue weighted by molar-refractivity contribution is 4.68. The van der Waals surface area contributed by atoms with Gasteiger partial charge in [-0.25, -0.2) is 0 Å². The van der Waals surface area contributed by atoms with E-state index in [0.717, 1.165) is 25.6 Å². The van der Waals surface area contributed by atoms with Gasteiger partial charge in [-0.15, -0.1) is 0 Å². The smallest absolute Gasteiger partial charge is 0.0112 e. The molecule has 0 aromatic carbocycles. The van der Waals surface area contributed by atoms with Crippen molar-refractivity contribution in [3.05, 3.63) is 0 Å². The van der Waals surface area contributed by atoms with Crippen molar-refractivity contribution in [2.45, 2.75) is 53.6 Å². The number of nitrogens with zero attached hydrogens (tertiary/aromatic N) is 1. The van der Waals surface area contributed by atoms with Gasteiger partial charge in [-0.2, -0.15) is 0 Å². The Hall–Kier alpha value is -0.0800. The standard InChI is InChI=1S/C12H28N2/c1-10(2)9-13-7-8-14(11(3)4)12(5)6/h10-13H,7-9H2,1-6H3. The van der Waals surface area contributed by atoms with E-state index in [0.29, 0.717) is 12.1 Å². The highest BCUT2D eigenvalue weighted by atomic mass is 15.2. The van der Waals surface area contributed by atoms with Crippen LogP contribution in [0.2, 0.25) is 0 Å². The molecule has 0 unspecified atom stereocenters.